The maximum Gasteiger partial charge on any atom is 0.317 e. The summed E-state index contributed by atoms with van der Waals surface area (Å²) in [4.78, 5) is 20.3. The van der Waals surface area contributed by atoms with Crippen molar-refractivity contribution in [2.75, 3.05) is 0 Å². The zero-order valence-electron chi connectivity index (χ0n) is 15.6. The van der Waals surface area contributed by atoms with E-state index in [1.165, 1.54) is 0 Å². The van der Waals surface area contributed by atoms with Gasteiger partial charge in [-0.25, -0.2) is 13.8 Å². The Morgan fingerprint density at radius 1 is 1.03 bits per heavy atom. The van der Waals surface area contributed by atoms with Crippen LogP contribution in [0.2, 0.25) is 0 Å². The van der Waals surface area contributed by atoms with E-state index in [-0.39, 0.29) is 17.3 Å². The van der Waals surface area contributed by atoms with E-state index in [4.69, 9.17) is 9.15 Å². The number of aromatic amines is 1. The topological polar surface area (TPSA) is 68.1 Å². The van der Waals surface area contributed by atoms with Gasteiger partial charge in [-0.2, -0.15) is 0 Å². The Kier molecular flexibility index (Phi) is 4.43. The van der Waals surface area contributed by atoms with Gasteiger partial charge >= 0.3 is 5.97 Å². The lowest BCUT2D eigenvalue weighted by molar-refractivity contribution is -0.141. The number of hydrogen-bond donors (Lipinski definition) is 1. The summed E-state index contributed by atoms with van der Waals surface area (Å²) < 4.78 is 38.9. The van der Waals surface area contributed by atoms with E-state index in [1.54, 1.807) is 18.4 Å². The molecule has 0 bridgehead atoms. The summed E-state index contributed by atoms with van der Waals surface area (Å²) in [6.45, 7) is 0. The summed E-state index contributed by atoms with van der Waals surface area (Å²) in [7, 11) is 0. The summed E-state index contributed by atoms with van der Waals surface area (Å²) in [6, 6.07) is 16.1. The first kappa shape index (κ1) is 18.3. The molecule has 2 atom stereocenters. The Balaban J connectivity index is 1.63. The molecule has 1 N–H and O–H groups in total. The Bertz CT molecular complexity index is 1200. The van der Waals surface area contributed by atoms with Crippen molar-refractivity contribution in [3.8, 4) is 17.3 Å². The number of esters is 1. The molecule has 1 aliphatic heterocycles. The second-order valence-electron chi connectivity index (χ2n) is 7.12. The van der Waals surface area contributed by atoms with Crippen molar-refractivity contribution in [3.05, 3.63) is 95.6 Å². The number of ether oxygens (including phenoxy) is 1. The number of hydrogen-bond acceptors (Lipinski definition) is 4. The van der Waals surface area contributed by atoms with Crippen molar-refractivity contribution >= 4 is 5.97 Å². The van der Waals surface area contributed by atoms with Crippen molar-refractivity contribution < 1.29 is 22.7 Å². The summed E-state index contributed by atoms with van der Waals surface area (Å²) in [5.74, 6) is -1.79. The third-order valence-electron chi connectivity index (χ3n) is 5.24. The predicted octanol–water partition coefficient (Wildman–Crippen LogP) is 4.86. The molecule has 5 rings (SSSR count). The highest BCUT2D eigenvalue weighted by Crippen LogP contribution is 2.43. The lowest BCUT2D eigenvalue weighted by Crippen LogP contribution is -2.34. The molecule has 150 valence electrons. The second-order valence-corrected chi connectivity index (χ2v) is 7.12. The van der Waals surface area contributed by atoms with Gasteiger partial charge in [-0.15, -0.1) is 0 Å². The van der Waals surface area contributed by atoms with Crippen molar-refractivity contribution in [2.24, 2.45) is 5.92 Å². The van der Waals surface area contributed by atoms with Gasteiger partial charge in [-0.1, -0.05) is 30.3 Å². The van der Waals surface area contributed by atoms with Crippen LogP contribution in [0.5, 0.6) is 5.88 Å². The van der Waals surface area contributed by atoms with Gasteiger partial charge in [0.25, 0.3) is 0 Å². The van der Waals surface area contributed by atoms with E-state index in [9.17, 15) is 13.6 Å². The Morgan fingerprint density at radius 3 is 2.63 bits per heavy atom. The Hall–Kier alpha value is -3.74. The fourth-order valence-corrected chi connectivity index (χ4v) is 3.87. The molecule has 4 aromatic rings. The monoisotopic (exact) mass is 406 g/mol. The third kappa shape index (κ3) is 3.18. The van der Waals surface area contributed by atoms with Gasteiger partial charge < -0.3 is 14.1 Å². The molecule has 0 spiro atoms. The number of halogens is 2. The highest BCUT2D eigenvalue weighted by Gasteiger charge is 2.42. The number of nitrogens with zero attached hydrogens (tertiary/aromatic N) is 1. The standard InChI is InChI=1S/C23H16F2N2O3/c24-14-8-9-18(25)16(11-14)21-26-20-19(13-5-2-1-3-6-13)17(12-15-7-4-10-29-15)23(28)30-22(20)27-21/h1-11,17,19H,12H2,(H,26,27). The van der Waals surface area contributed by atoms with Crippen LogP contribution in [0, 0.1) is 17.6 Å². The largest absolute Gasteiger partial charge is 0.469 e. The highest BCUT2D eigenvalue weighted by molar-refractivity contribution is 5.80. The fourth-order valence-electron chi connectivity index (χ4n) is 3.87. The number of benzene rings is 2. The number of aromatic nitrogens is 2. The minimum Gasteiger partial charge on any atom is -0.469 e. The van der Waals surface area contributed by atoms with Gasteiger partial charge in [0.15, 0.2) is 0 Å². The van der Waals surface area contributed by atoms with E-state index < -0.39 is 29.4 Å². The first-order chi connectivity index (χ1) is 14.6. The molecule has 0 radical (unpaired) electrons. The van der Waals surface area contributed by atoms with Gasteiger partial charge in [0.1, 0.15) is 28.9 Å². The number of H-pyrrole nitrogens is 1. The van der Waals surface area contributed by atoms with Gasteiger partial charge in [0, 0.05) is 12.3 Å². The summed E-state index contributed by atoms with van der Waals surface area (Å²) in [5.41, 5.74) is 1.30. The van der Waals surface area contributed by atoms with Crippen molar-refractivity contribution in [2.45, 2.75) is 12.3 Å². The Labute approximate surface area is 170 Å². The molecule has 0 aliphatic carbocycles. The molecule has 0 fully saturated rings. The first-order valence-electron chi connectivity index (χ1n) is 9.44. The lowest BCUT2D eigenvalue weighted by Gasteiger charge is -2.28. The van der Waals surface area contributed by atoms with Crippen LogP contribution in [-0.4, -0.2) is 15.9 Å². The number of nitrogens with one attached hydrogen (secondary N) is 1. The van der Waals surface area contributed by atoms with E-state index in [0.717, 1.165) is 23.8 Å². The molecule has 0 saturated carbocycles. The molecule has 5 nitrogen and oxygen atoms in total. The van der Waals surface area contributed by atoms with Crippen LogP contribution >= 0.6 is 0 Å². The van der Waals surface area contributed by atoms with E-state index in [0.29, 0.717) is 17.9 Å². The van der Waals surface area contributed by atoms with Crippen LogP contribution in [0.4, 0.5) is 8.78 Å². The van der Waals surface area contributed by atoms with Crippen LogP contribution in [-0.2, 0) is 11.2 Å². The van der Waals surface area contributed by atoms with Crippen molar-refractivity contribution in [1.82, 2.24) is 9.97 Å². The number of carbonyl (C=O) groups is 1. The van der Waals surface area contributed by atoms with Crippen molar-refractivity contribution in [1.29, 1.82) is 0 Å². The lowest BCUT2D eigenvalue weighted by atomic mass is 9.80. The number of rotatable bonds is 4. The van der Waals surface area contributed by atoms with Crippen LogP contribution < -0.4 is 4.74 Å². The molecular weight excluding hydrogens is 390 g/mol. The number of fused-ring (bicyclic) bond motifs is 1. The van der Waals surface area contributed by atoms with Crippen LogP contribution in [0.15, 0.2) is 71.3 Å². The average molecular weight is 406 g/mol. The molecule has 30 heavy (non-hydrogen) atoms. The molecular formula is C23H16F2N2O3. The number of furan rings is 1. The predicted molar refractivity (Wildman–Crippen MR) is 104 cm³/mol. The normalized spacial score (nSPS) is 18.1. The number of carbonyl (C=O) groups excluding carboxylic acids is 1. The summed E-state index contributed by atoms with van der Waals surface area (Å²) in [6.07, 6.45) is 1.87. The van der Waals surface area contributed by atoms with Gasteiger partial charge in [0.2, 0.25) is 5.88 Å². The van der Waals surface area contributed by atoms with E-state index >= 15 is 0 Å². The average Bonchev–Trinajstić information content (AvgIpc) is 3.40. The van der Waals surface area contributed by atoms with Crippen LogP contribution in [0.25, 0.3) is 11.4 Å². The zero-order chi connectivity index (χ0) is 20.7. The highest BCUT2D eigenvalue weighted by atomic mass is 19.1. The van der Waals surface area contributed by atoms with E-state index in [2.05, 4.69) is 9.97 Å². The quantitative estimate of drug-likeness (QED) is 0.492. The SMILES string of the molecule is O=C1Oc2[nH]c(-c3cc(F)ccc3F)nc2C(c2ccccc2)C1Cc1ccco1. The fraction of sp³-hybridized carbons (Fsp3) is 0.130. The maximum atomic E-state index is 14.3. The molecule has 0 saturated heterocycles. The molecule has 7 heteroatoms. The van der Waals surface area contributed by atoms with Gasteiger partial charge in [-0.05, 0) is 35.9 Å². The number of imidazole rings is 1. The molecule has 2 aromatic heterocycles. The summed E-state index contributed by atoms with van der Waals surface area (Å²) in [5, 5.41) is 0. The first-order valence-corrected chi connectivity index (χ1v) is 9.44. The molecule has 2 unspecified atom stereocenters. The zero-order valence-corrected chi connectivity index (χ0v) is 15.6. The Morgan fingerprint density at radius 2 is 1.87 bits per heavy atom. The molecule has 1 aliphatic rings. The minimum absolute atomic E-state index is 0.0326. The third-order valence-corrected chi connectivity index (χ3v) is 5.24. The minimum atomic E-state index is -0.628. The van der Waals surface area contributed by atoms with E-state index in [1.807, 2.05) is 30.3 Å². The molecule has 0 amide bonds. The molecule has 3 heterocycles. The maximum absolute atomic E-state index is 14.3. The van der Waals surface area contributed by atoms with Gasteiger partial charge in [-0.3, -0.25) is 4.79 Å². The van der Waals surface area contributed by atoms with Gasteiger partial charge in [0.05, 0.1) is 17.7 Å². The van der Waals surface area contributed by atoms with Crippen LogP contribution in [0.1, 0.15) is 22.9 Å². The smallest absolute Gasteiger partial charge is 0.317 e. The van der Waals surface area contributed by atoms with Crippen LogP contribution in [0.3, 0.4) is 0 Å². The molecule has 2 aromatic carbocycles. The summed E-state index contributed by atoms with van der Waals surface area (Å²) >= 11 is 0. The van der Waals surface area contributed by atoms with Crippen molar-refractivity contribution in [3.63, 3.8) is 0 Å². The second kappa shape index (κ2) is 7.26.